The molecule has 4 aliphatic rings. The Bertz CT molecular complexity index is 1530. The van der Waals surface area contributed by atoms with Crippen molar-refractivity contribution in [1.82, 2.24) is 20.2 Å². The van der Waals surface area contributed by atoms with Crippen molar-refractivity contribution < 1.29 is 29.1 Å². The van der Waals surface area contributed by atoms with Crippen molar-refractivity contribution in [3.63, 3.8) is 0 Å². The number of nitrogens with two attached hydrogens (primary N) is 1. The quantitative estimate of drug-likeness (QED) is 0.173. The molecule has 3 aliphatic heterocycles. The number of carboxylic acid groups (broad SMARTS) is 1. The molecule has 0 spiro atoms. The van der Waals surface area contributed by atoms with Crippen LogP contribution in [0.2, 0.25) is 0 Å². The number of carbonyl (C=O) groups is 4. The number of thioether (sulfide) groups is 1. The predicted molar refractivity (Wildman–Crippen MR) is 155 cm³/mol. The zero-order chi connectivity index (χ0) is 29.4. The average molecular weight is 610 g/mol. The minimum Gasteiger partial charge on any atom is -0.477 e. The van der Waals surface area contributed by atoms with Crippen LogP contribution in [0.5, 0.6) is 0 Å². The molecule has 5 heterocycles. The Morgan fingerprint density at radius 2 is 2.05 bits per heavy atom. The van der Waals surface area contributed by atoms with E-state index in [0.717, 1.165) is 41.9 Å². The van der Waals surface area contributed by atoms with E-state index < -0.39 is 29.2 Å². The SMILES string of the molecule is Nc1nc(/C(=N/OC2CCCC2)C(=O)N[C@@H]2C(=O)N3C(C(=O)O)=C(C=C4CCN(c5ccccn5)C4=O)CS[C@H]23)cs1. The minimum absolute atomic E-state index is 0.0986. The third-order valence-electron chi connectivity index (χ3n) is 7.46. The van der Waals surface area contributed by atoms with Crippen molar-refractivity contribution in [2.75, 3.05) is 22.9 Å². The molecule has 3 amide bonds. The molecule has 1 saturated carbocycles. The van der Waals surface area contributed by atoms with Crippen LogP contribution in [0.25, 0.3) is 0 Å². The van der Waals surface area contributed by atoms with Gasteiger partial charge in [-0.15, -0.1) is 23.1 Å². The van der Waals surface area contributed by atoms with E-state index in [2.05, 4.69) is 20.4 Å². The number of thiazole rings is 1. The summed E-state index contributed by atoms with van der Waals surface area (Å²) < 4.78 is 0. The molecule has 2 atom stereocenters. The lowest BCUT2D eigenvalue weighted by Crippen LogP contribution is -2.71. The topological polar surface area (TPSA) is 180 Å². The Kier molecular flexibility index (Phi) is 7.68. The molecule has 218 valence electrons. The minimum atomic E-state index is -1.29. The Balaban J connectivity index is 1.20. The van der Waals surface area contributed by atoms with Crippen LogP contribution >= 0.6 is 23.1 Å². The Hall–Kier alpha value is -4.24. The Labute approximate surface area is 248 Å². The largest absolute Gasteiger partial charge is 0.477 e. The van der Waals surface area contributed by atoms with Crippen molar-refractivity contribution in [3.05, 3.63) is 58.4 Å². The predicted octanol–water partition coefficient (Wildman–Crippen LogP) is 1.89. The lowest BCUT2D eigenvalue weighted by atomic mass is 10.0. The molecule has 4 N–H and O–H groups in total. The highest BCUT2D eigenvalue weighted by Gasteiger charge is 2.54. The molecule has 6 rings (SSSR count). The van der Waals surface area contributed by atoms with Crippen LogP contribution in [0.4, 0.5) is 10.9 Å². The first kappa shape index (κ1) is 27.9. The first-order chi connectivity index (χ1) is 20.3. The van der Waals surface area contributed by atoms with Crippen LogP contribution in [-0.4, -0.2) is 79.2 Å². The highest BCUT2D eigenvalue weighted by atomic mass is 32.2. The molecule has 13 nitrogen and oxygen atoms in total. The average Bonchev–Trinajstić information content (AvgIpc) is 3.74. The smallest absolute Gasteiger partial charge is 0.352 e. The number of allylic oxidation sites excluding steroid dienone is 1. The molecule has 0 unspecified atom stereocenters. The third kappa shape index (κ3) is 5.25. The van der Waals surface area contributed by atoms with Gasteiger partial charge in [-0.1, -0.05) is 11.2 Å². The van der Waals surface area contributed by atoms with Gasteiger partial charge in [-0.05, 0) is 55.9 Å². The molecule has 0 radical (unpaired) electrons. The van der Waals surface area contributed by atoms with E-state index in [0.29, 0.717) is 29.9 Å². The van der Waals surface area contributed by atoms with Gasteiger partial charge in [0, 0.05) is 29.4 Å². The van der Waals surface area contributed by atoms with Crippen LogP contribution < -0.4 is 16.0 Å². The van der Waals surface area contributed by atoms with Crippen molar-refractivity contribution in [3.8, 4) is 0 Å². The molecule has 1 aliphatic carbocycles. The van der Waals surface area contributed by atoms with Gasteiger partial charge in [0.25, 0.3) is 17.7 Å². The summed E-state index contributed by atoms with van der Waals surface area (Å²) in [7, 11) is 0. The van der Waals surface area contributed by atoms with Gasteiger partial charge in [0.1, 0.15) is 34.7 Å². The number of fused-ring (bicyclic) bond motifs is 1. The van der Waals surface area contributed by atoms with Crippen LogP contribution in [-0.2, 0) is 24.0 Å². The van der Waals surface area contributed by atoms with E-state index in [1.54, 1.807) is 35.9 Å². The summed E-state index contributed by atoms with van der Waals surface area (Å²) >= 11 is 2.45. The summed E-state index contributed by atoms with van der Waals surface area (Å²) in [6, 6.07) is 4.30. The summed E-state index contributed by atoms with van der Waals surface area (Å²) in [5, 5.41) is 18.0. The lowest BCUT2D eigenvalue weighted by Gasteiger charge is -2.49. The molecule has 0 bridgehead atoms. The Morgan fingerprint density at radius 3 is 2.74 bits per heavy atom. The van der Waals surface area contributed by atoms with Gasteiger partial charge in [0.05, 0.1) is 0 Å². The third-order valence-corrected chi connectivity index (χ3v) is 9.44. The number of hydrogen-bond donors (Lipinski definition) is 3. The highest BCUT2D eigenvalue weighted by Crippen LogP contribution is 2.41. The van der Waals surface area contributed by atoms with E-state index in [9.17, 15) is 24.3 Å². The number of rotatable bonds is 8. The number of nitrogens with zero attached hydrogens (tertiary/aromatic N) is 5. The standard InChI is InChI=1S/C27H27N7O6S2/c28-27-30-17(13-42-27)19(32-40-16-5-1-2-6-16)22(35)31-20-24(37)34-21(26(38)39)15(12-41-25(20)34)11-14-8-10-33(23(14)36)18-7-3-4-9-29-18/h3-4,7,9,11,13,16,20,25H,1-2,5-6,8,10,12H2,(H2,28,30)(H,31,35)(H,38,39)/b14-11?,32-19-/t20-,25-/m1/s1. The van der Waals surface area contributed by atoms with Crippen molar-refractivity contribution in [2.24, 2.45) is 5.16 Å². The van der Waals surface area contributed by atoms with Gasteiger partial charge in [0.2, 0.25) is 0 Å². The van der Waals surface area contributed by atoms with Crippen LogP contribution in [0.15, 0.2) is 57.9 Å². The summed E-state index contributed by atoms with van der Waals surface area (Å²) in [6.07, 6.45) is 7.19. The van der Waals surface area contributed by atoms with Gasteiger partial charge in [0.15, 0.2) is 10.8 Å². The van der Waals surface area contributed by atoms with Crippen molar-refractivity contribution in [2.45, 2.75) is 49.6 Å². The van der Waals surface area contributed by atoms with Gasteiger partial charge in [-0.2, -0.15) is 0 Å². The maximum absolute atomic E-state index is 13.3. The first-order valence-corrected chi connectivity index (χ1v) is 15.4. The summed E-state index contributed by atoms with van der Waals surface area (Å²) in [4.78, 5) is 68.6. The zero-order valence-electron chi connectivity index (χ0n) is 22.3. The van der Waals surface area contributed by atoms with Gasteiger partial charge in [-0.3, -0.25) is 24.2 Å². The summed E-state index contributed by atoms with van der Waals surface area (Å²) in [5.74, 6) is -2.04. The Morgan fingerprint density at radius 1 is 1.24 bits per heavy atom. The molecule has 42 heavy (non-hydrogen) atoms. The van der Waals surface area contributed by atoms with E-state index in [-0.39, 0.29) is 40.0 Å². The van der Waals surface area contributed by atoms with E-state index in [1.807, 2.05) is 0 Å². The number of hydrogen-bond acceptors (Lipinski definition) is 11. The second-order valence-electron chi connectivity index (χ2n) is 10.1. The number of aliphatic carboxylic acids is 1. The van der Waals surface area contributed by atoms with Crippen LogP contribution in [0.1, 0.15) is 37.8 Å². The molecule has 2 saturated heterocycles. The number of amides is 3. The first-order valence-electron chi connectivity index (χ1n) is 13.4. The highest BCUT2D eigenvalue weighted by molar-refractivity contribution is 8.00. The zero-order valence-corrected chi connectivity index (χ0v) is 23.9. The van der Waals surface area contributed by atoms with Gasteiger partial charge >= 0.3 is 5.97 Å². The number of nitrogen functional groups attached to an aromatic ring is 1. The number of β-lactam (4-membered cyclic amide) rings is 1. The van der Waals surface area contributed by atoms with E-state index in [4.69, 9.17) is 10.6 Å². The maximum atomic E-state index is 13.3. The molecular weight excluding hydrogens is 582 g/mol. The second-order valence-corrected chi connectivity index (χ2v) is 12.1. The van der Waals surface area contributed by atoms with E-state index >= 15 is 0 Å². The van der Waals surface area contributed by atoms with Gasteiger partial charge < -0.3 is 21.0 Å². The van der Waals surface area contributed by atoms with E-state index in [1.165, 1.54) is 16.7 Å². The van der Waals surface area contributed by atoms with Gasteiger partial charge in [-0.25, -0.2) is 14.8 Å². The van der Waals surface area contributed by atoms with Crippen molar-refractivity contribution in [1.29, 1.82) is 0 Å². The lowest BCUT2D eigenvalue weighted by molar-refractivity contribution is -0.150. The molecule has 15 heteroatoms. The number of carbonyl (C=O) groups excluding carboxylic acids is 3. The fourth-order valence-electron chi connectivity index (χ4n) is 5.38. The fourth-order valence-corrected chi connectivity index (χ4v) is 7.23. The second kappa shape index (κ2) is 11.6. The number of oxime groups is 1. The molecular formula is C27H27N7O6S2. The van der Waals surface area contributed by atoms with Crippen molar-refractivity contribution >= 4 is 63.5 Å². The summed E-state index contributed by atoms with van der Waals surface area (Å²) in [6.45, 7) is 0.420. The van der Waals surface area contributed by atoms with Crippen LogP contribution in [0, 0.1) is 0 Å². The summed E-state index contributed by atoms with van der Waals surface area (Å²) in [5.41, 5.74) is 6.50. The number of nitrogens with one attached hydrogen (secondary N) is 1. The molecule has 2 aromatic heterocycles. The number of anilines is 2. The molecule has 3 fully saturated rings. The normalized spacial score (nSPS) is 23.8. The molecule has 2 aromatic rings. The number of aromatic nitrogens is 2. The number of pyridine rings is 1. The molecule has 0 aromatic carbocycles. The fraction of sp³-hybridized carbons (Fsp3) is 0.370. The van der Waals surface area contributed by atoms with Crippen LogP contribution in [0.3, 0.4) is 0 Å². The monoisotopic (exact) mass is 609 g/mol. The maximum Gasteiger partial charge on any atom is 0.352 e. The number of carboxylic acids is 1.